The van der Waals surface area contributed by atoms with Gasteiger partial charge in [0.1, 0.15) is 28.3 Å². The largest absolute Gasteiger partial charge is 0.496 e. The maximum Gasteiger partial charge on any atom is 0.129 e. The van der Waals surface area contributed by atoms with Gasteiger partial charge in [0.15, 0.2) is 0 Å². The van der Waals surface area contributed by atoms with Crippen LogP contribution in [0.3, 0.4) is 0 Å². The van der Waals surface area contributed by atoms with Gasteiger partial charge in [-0.25, -0.2) is 9.67 Å². The fourth-order valence-electron chi connectivity index (χ4n) is 2.58. The van der Waals surface area contributed by atoms with E-state index in [1.165, 1.54) is 0 Å². The van der Waals surface area contributed by atoms with Crippen molar-refractivity contribution in [3.8, 4) is 26.9 Å². The van der Waals surface area contributed by atoms with Gasteiger partial charge >= 0.3 is 0 Å². The molecule has 0 aliphatic heterocycles. The molecule has 0 unspecified atom stereocenters. The van der Waals surface area contributed by atoms with Gasteiger partial charge in [0.05, 0.1) is 30.0 Å². The van der Waals surface area contributed by atoms with Crippen LogP contribution in [0.15, 0.2) is 59.5 Å². The highest BCUT2D eigenvalue weighted by molar-refractivity contribution is 7.18. The second-order valence-corrected chi connectivity index (χ2v) is 6.54. The highest BCUT2D eigenvalue weighted by Crippen LogP contribution is 2.36. The van der Waals surface area contributed by atoms with Crippen LogP contribution in [0, 0.1) is 0 Å². The average Bonchev–Trinajstić information content (AvgIpc) is 3.42. The first-order valence-electron chi connectivity index (χ1n) is 7.81. The summed E-state index contributed by atoms with van der Waals surface area (Å²) in [7, 11) is 1.66. The van der Waals surface area contributed by atoms with Gasteiger partial charge in [0, 0.05) is 6.20 Å². The van der Waals surface area contributed by atoms with Gasteiger partial charge in [-0.1, -0.05) is 17.3 Å². The second-order valence-electron chi connectivity index (χ2n) is 5.51. The molecule has 0 aliphatic rings. The molecule has 6 nitrogen and oxygen atoms in total. The molecule has 7 heteroatoms. The van der Waals surface area contributed by atoms with E-state index in [9.17, 15) is 0 Å². The van der Waals surface area contributed by atoms with Crippen molar-refractivity contribution in [2.45, 2.75) is 13.0 Å². The zero-order valence-corrected chi connectivity index (χ0v) is 14.6. The number of benzene rings is 1. The predicted octanol–water partition coefficient (Wildman–Crippen LogP) is 4.28. The Balaban J connectivity index is 1.63. The van der Waals surface area contributed by atoms with Crippen molar-refractivity contribution in [2.75, 3.05) is 7.11 Å². The van der Waals surface area contributed by atoms with Crippen molar-refractivity contribution in [1.82, 2.24) is 20.0 Å². The molecule has 0 saturated carbocycles. The summed E-state index contributed by atoms with van der Waals surface area (Å²) in [6.07, 6.45) is 5.39. The van der Waals surface area contributed by atoms with Crippen molar-refractivity contribution in [3.05, 3.63) is 60.8 Å². The molecule has 4 rings (SSSR count). The highest BCUT2D eigenvalue weighted by Gasteiger charge is 2.16. The minimum atomic E-state index is -0.0159. The van der Waals surface area contributed by atoms with Crippen molar-refractivity contribution < 1.29 is 9.15 Å². The van der Waals surface area contributed by atoms with E-state index in [1.54, 1.807) is 29.4 Å². The van der Waals surface area contributed by atoms with Gasteiger partial charge in [-0.05, 0) is 31.2 Å². The molecule has 4 aromatic rings. The smallest absolute Gasteiger partial charge is 0.129 e. The number of nitrogens with zero attached hydrogens (tertiary/aromatic N) is 4. The third kappa shape index (κ3) is 2.94. The summed E-state index contributed by atoms with van der Waals surface area (Å²) in [5.74, 6) is 1.65. The SMILES string of the molecule is COc1ccccc1-c1ncc(-c2cn([C@@H](C)c3ccco3)nn2)s1. The Morgan fingerprint density at radius 1 is 1.20 bits per heavy atom. The van der Waals surface area contributed by atoms with Crippen LogP contribution in [0.2, 0.25) is 0 Å². The third-order valence-electron chi connectivity index (χ3n) is 3.96. The summed E-state index contributed by atoms with van der Waals surface area (Å²) in [5.41, 5.74) is 1.76. The molecule has 1 aromatic carbocycles. The summed E-state index contributed by atoms with van der Waals surface area (Å²) >= 11 is 1.56. The molecule has 0 fully saturated rings. The second kappa shape index (κ2) is 6.52. The quantitative estimate of drug-likeness (QED) is 0.536. The monoisotopic (exact) mass is 352 g/mol. The first kappa shape index (κ1) is 15.6. The molecule has 0 N–H and O–H groups in total. The minimum absolute atomic E-state index is 0.0159. The van der Waals surface area contributed by atoms with E-state index in [0.717, 1.165) is 32.7 Å². The van der Waals surface area contributed by atoms with Crippen molar-refractivity contribution in [1.29, 1.82) is 0 Å². The predicted molar refractivity (Wildman–Crippen MR) is 95.6 cm³/mol. The number of aromatic nitrogens is 4. The Morgan fingerprint density at radius 3 is 2.88 bits per heavy atom. The lowest BCUT2D eigenvalue weighted by Crippen LogP contribution is -2.06. The molecule has 0 amide bonds. The Hall–Kier alpha value is -2.93. The van der Waals surface area contributed by atoms with E-state index in [1.807, 2.05) is 55.7 Å². The Kier molecular flexibility index (Phi) is 4.07. The van der Waals surface area contributed by atoms with Crippen molar-refractivity contribution in [2.24, 2.45) is 0 Å². The number of furan rings is 1. The van der Waals surface area contributed by atoms with E-state index in [2.05, 4.69) is 15.3 Å². The first-order valence-corrected chi connectivity index (χ1v) is 8.62. The molecule has 3 aromatic heterocycles. The van der Waals surface area contributed by atoms with Gasteiger partial charge in [0.25, 0.3) is 0 Å². The van der Waals surface area contributed by atoms with Crippen molar-refractivity contribution >= 4 is 11.3 Å². The Morgan fingerprint density at radius 2 is 2.08 bits per heavy atom. The summed E-state index contributed by atoms with van der Waals surface area (Å²) in [4.78, 5) is 5.48. The zero-order chi connectivity index (χ0) is 17.2. The molecule has 0 aliphatic carbocycles. The van der Waals surface area contributed by atoms with E-state index in [-0.39, 0.29) is 6.04 Å². The lowest BCUT2D eigenvalue weighted by molar-refractivity contribution is 0.416. The van der Waals surface area contributed by atoms with E-state index >= 15 is 0 Å². The standard InChI is InChI=1S/C18H16N4O2S/c1-12(15-8-5-9-24-15)22-11-14(20-21-22)17-10-19-18(25-17)13-6-3-4-7-16(13)23-2/h3-12H,1-2H3/t12-/m0/s1. The van der Waals surface area contributed by atoms with Gasteiger partial charge in [-0.15, -0.1) is 16.4 Å². The van der Waals surface area contributed by atoms with Gasteiger partial charge in [-0.3, -0.25) is 0 Å². The van der Waals surface area contributed by atoms with Crippen LogP contribution in [-0.2, 0) is 0 Å². The normalized spacial score (nSPS) is 12.2. The number of ether oxygens (including phenoxy) is 1. The van der Waals surface area contributed by atoms with Crippen LogP contribution in [0.4, 0.5) is 0 Å². The number of methoxy groups -OCH3 is 1. The number of thiazole rings is 1. The summed E-state index contributed by atoms with van der Waals surface area (Å²) in [6.45, 7) is 2.02. The van der Waals surface area contributed by atoms with Crippen LogP contribution in [0.25, 0.3) is 21.1 Å². The molecule has 126 valence electrons. The van der Waals surface area contributed by atoms with Gasteiger partial charge < -0.3 is 9.15 Å². The van der Waals surface area contributed by atoms with E-state index in [4.69, 9.17) is 9.15 Å². The lowest BCUT2D eigenvalue weighted by atomic mass is 10.2. The van der Waals surface area contributed by atoms with Crippen LogP contribution in [-0.4, -0.2) is 27.1 Å². The van der Waals surface area contributed by atoms with Crippen LogP contribution >= 0.6 is 11.3 Å². The minimum Gasteiger partial charge on any atom is -0.496 e. The fourth-order valence-corrected chi connectivity index (χ4v) is 3.47. The Bertz CT molecular complexity index is 975. The third-order valence-corrected chi connectivity index (χ3v) is 5.01. The zero-order valence-electron chi connectivity index (χ0n) is 13.8. The summed E-state index contributed by atoms with van der Waals surface area (Å²) in [5, 5.41) is 9.39. The number of hydrogen-bond acceptors (Lipinski definition) is 6. The molecular formula is C18H16N4O2S. The molecule has 0 spiro atoms. The summed E-state index contributed by atoms with van der Waals surface area (Å²) in [6, 6.07) is 11.6. The lowest BCUT2D eigenvalue weighted by Gasteiger charge is -2.06. The first-order chi connectivity index (χ1) is 12.3. The van der Waals surface area contributed by atoms with Crippen LogP contribution < -0.4 is 4.74 Å². The number of rotatable bonds is 5. The van der Waals surface area contributed by atoms with Gasteiger partial charge in [0.2, 0.25) is 0 Å². The van der Waals surface area contributed by atoms with Crippen molar-refractivity contribution in [3.63, 3.8) is 0 Å². The molecule has 0 bridgehead atoms. The van der Waals surface area contributed by atoms with Crippen LogP contribution in [0.5, 0.6) is 5.75 Å². The molecular weight excluding hydrogens is 336 g/mol. The maximum atomic E-state index is 5.44. The maximum absolute atomic E-state index is 5.44. The molecule has 1 atom stereocenters. The Labute approximate surface area is 148 Å². The molecule has 0 radical (unpaired) electrons. The molecule has 25 heavy (non-hydrogen) atoms. The van der Waals surface area contributed by atoms with E-state index < -0.39 is 0 Å². The fraction of sp³-hybridized carbons (Fsp3) is 0.167. The molecule has 3 heterocycles. The number of para-hydroxylation sites is 1. The van der Waals surface area contributed by atoms with Gasteiger partial charge in [-0.2, -0.15) is 0 Å². The average molecular weight is 352 g/mol. The molecule has 0 saturated heterocycles. The topological polar surface area (TPSA) is 66.0 Å². The number of hydrogen-bond donors (Lipinski definition) is 0. The van der Waals surface area contributed by atoms with E-state index in [0.29, 0.717) is 0 Å². The van der Waals surface area contributed by atoms with Crippen LogP contribution in [0.1, 0.15) is 18.7 Å². The summed E-state index contributed by atoms with van der Waals surface area (Å²) < 4.78 is 12.6. The highest BCUT2D eigenvalue weighted by atomic mass is 32.1.